The number of hydrogen-bond donors (Lipinski definition) is 1. The highest BCUT2D eigenvalue weighted by Gasteiger charge is 2.05. The van der Waals surface area contributed by atoms with Gasteiger partial charge in [0.25, 0.3) is 0 Å². The van der Waals surface area contributed by atoms with Gasteiger partial charge >= 0.3 is 0 Å². The van der Waals surface area contributed by atoms with E-state index in [1.807, 2.05) is 18.2 Å². The first kappa shape index (κ1) is 12.3. The van der Waals surface area contributed by atoms with E-state index in [0.29, 0.717) is 18.0 Å². The number of carbonyl (C=O) groups is 1. The van der Waals surface area contributed by atoms with Crippen LogP contribution in [0.3, 0.4) is 0 Å². The van der Waals surface area contributed by atoms with Gasteiger partial charge in [-0.2, -0.15) is 0 Å². The molecule has 0 heterocycles. The molecule has 0 fully saturated rings. The second-order valence-electron chi connectivity index (χ2n) is 3.06. The van der Waals surface area contributed by atoms with Crippen molar-refractivity contribution in [1.29, 1.82) is 0 Å². The molecule has 0 saturated carbocycles. The summed E-state index contributed by atoms with van der Waals surface area (Å²) >= 11 is 9.09. The van der Waals surface area contributed by atoms with E-state index in [2.05, 4.69) is 27.8 Å². The molecule has 1 N–H and O–H groups in total. The summed E-state index contributed by atoms with van der Waals surface area (Å²) in [7, 11) is 0. The van der Waals surface area contributed by atoms with Gasteiger partial charge in [-0.15, -0.1) is 0 Å². The van der Waals surface area contributed by atoms with E-state index in [1.54, 1.807) is 6.07 Å². The van der Waals surface area contributed by atoms with Gasteiger partial charge in [-0.05, 0) is 11.6 Å². The largest absolute Gasteiger partial charge is 0.351 e. The number of carbonyl (C=O) groups excluding carboxylic acids is 1. The molecule has 0 aliphatic rings. The highest BCUT2D eigenvalue weighted by atomic mass is 79.9. The minimum Gasteiger partial charge on any atom is -0.351 e. The molecule has 0 aliphatic heterocycles. The lowest BCUT2D eigenvalue weighted by Crippen LogP contribution is -2.26. The van der Waals surface area contributed by atoms with E-state index in [0.717, 1.165) is 10.0 Å². The molecule has 0 aliphatic carbocycles. The van der Waals surface area contributed by atoms with Crippen LogP contribution < -0.4 is 5.32 Å². The Labute approximate surface area is 102 Å². The number of amides is 1. The topological polar surface area (TPSA) is 29.1 Å². The van der Waals surface area contributed by atoms with E-state index >= 15 is 0 Å². The molecular formula is C11H11BrClNO. The zero-order valence-corrected chi connectivity index (χ0v) is 10.4. The molecule has 1 aromatic rings. The van der Waals surface area contributed by atoms with Crippen LogP contribution in [-0.4, -0.2) is 12.5 Å². The molecule has 2 nitrogen and oxygen atoms in total. The molecule has 80 valence electrons. The molecule has 15 heavy (non-hydrogen) atoms. The van der Waals surface area contributed by atoms with Gasteiger partial charge in [-0.3, -0.25) is 4.79 Å². The Balaban J connectivity index is 2.52. The van der Waals surface area contributed by atoms with Gasteiger partial charge < -0.3 is 5.32 Å². The lowest BCUT2D eigenvalue weighted by atomic mass is 10.1. The maximum atomic E-state index is 11.4. The van der Waals surface area contributed by atoms with Crippen molar-refractivity contribution in [3.63, 3.8) is 0 Å². The number of nitrogens with one attached hydrogen (secondary N) is 1. The molecule has 0 unspecified atom stereocenters. The van der Waals surface area contributed by atoms with Crippen LogP contribution in [0.1, 0.15) is 5.56 Å². The van der Waals surface area contributed by atoms with Crippen LogP contribution in [-0.2, 0) is 11.2 Å². The van der Waals surface area contributed by atoms with Crippen molar-refractivity contribution in [2.75, 3.05) is 6.54 Å². The Kier molecular flexibility index (Phi) is 4.85. The zero-order chi connectivity index (χ0) is 11.3. The second-order valence-corrected chi connectivity index (χ2v) is 4.59. The molecule has 1 rings (SSSR count). The Morgan fingerprint density at radius 3 is 2.73 bits per heavy atom. The summed E-state index contributed by atoms with van der Waals surface area (Å²) in [6, 6.07) is 7.31. The van der Waals surface area contributed by atoms with E-state index in [9.17, 15) is 4.79 Å². The molecule has 0 saturated heterocycles. The summed E-state index contributed by atoms with van der Waals surface area (Å²) in [6.45, 7) is 4.06. The third-order valence-electron chi connectivity index (χ3n) is 1.79. The van der Waals surface area contributed by atoms with Crippen LogP contribution in [0.15, 0.2) is 35.3 Å². The summed E-state index contributed by atoms with van der Waals surface area (Å²) in [6.07, 6.45) is 0.292. The fraction of sp³-hybridized carbons (Fsp3) is 0.182. The number of halogens is 2. The number of hydrogen-bond acceptors (Lipinski definition) is 1. The first-order valence-electron chi connectivity index (χ1n) is 4.43. The Bertz CT molecular complexity index is 379. The van der Waals surface area contributed by atoms with Crippen LogP contribution in [0.2, 0.25) is 5.02 Å². The molecular weight excluding hydrogens is 277 g/mol. The van der Waals surface area contributed by atoms with E-state index in [1.165, 1.54) is 0 Å². The van der Waals surface area contributed by atoms with Crippen molar-refractivity contribution < 1.29 is 4.79 Å². The molecule has 4 heteroatoms. The summed E-state index contributed by atoms with van der Waals surface area (Å²) in [5.41, 5.74) is 0.830. The summed E-state index contributed by atoms with van der Waals surface area (Å²) in [4.78, 5) is 11.4. The van der Waals surface area contributed by atoms with Gasteiger partial charge in [0.2, 0.25) is 5.91 Å². The van der Waals surface area contributed by atoms with Gasteiger partial charge in [-0.1, -0.05) is 52.3 Å². The molecule has 0 spiro atoms. The molecule has 0 bridgehead atoms. The van der Waals surface area contributed by atoms with Gasteiger partial charge in [0, 0.05) is 16.0 Å². The lowest BCUT2D eigenvalue weighted by molar-refractivity contribution is -0.120. The Morgan fingerprint density at radius 2 is 2.13 bits per heavy atom. The van der Waals surface area contributed by atoms with Crippen LogP contribution in [0.25, 0.3) is 0 Å². The van der Waals surface area contributed by atoms with Gasteiger partial charge in [0.1, 0.15) is 0 Å². The van der Waals surface area contributed by atoms with Crippen molar-refractivity contribution in [1.82, 2.24) is 5.32 Å². The minimum absolute atomic E-state index is 0.0660. The predicted molar refractivity (Wildman–Crippen MR) is 66.2 cm³/mol. The van der Waals surface area contributed by atoms with E-state index < -0.39 is 0 Å². The van der Waals surface area contributed by atoms with Gasteiger partial charge in [0.05, 0.1) is 6.42 Å². The second kappa shape index (κ2) is 5.93. The van der Waals surface area contributed by atoms with Crippen molar-refractivity contribution in [2.24, 2.45) is 0 Å². The van der Waals surface area contributed by atoms with Crippen LogP contribution >= 0.6 is 27.5 Å². The molecule has 0 atom stereocenters. The summed E-state index contributed by atoms with van der Waals surface area (Å²) < 4.78 is 0.745. The van der Waals surface area contributed by atoms with Crippen molar-refractivity contribution >= 4 is 33.4 Å². The number of rotatable bonds is 4. The quantitative estimate of drug-likeness (QED) is 0.907. The summed E-state index contributed by atoms with van der Waals surface area (Å²) in [5, 5.41) is 3.33. The van der Waals surface area contributed by atoms with E-state index in [-0.39, 0.29) is 5.91 Å². The van der Waals surface area contributed by atoms with Crippen molar-refractivity contribution in [3.8, 4) is 0 Å². The molecule has 0 radical (unpaired) electrons. The Hall–Kier alpha value is -0.800. The maximum Gasteiger partial charge on any atom is 0.224 e. The Morgan fingerprint density at radius 1 is 1.47 bits per heavy atom. The highest BCUT2D eigenvalue weighted by molar-refractivity contribution is 9.11. The number of benzene rings is 1. The predicted octanol–water partition coefficient (Wildman–Crippen LogP) is 2.91. The first-order chi connectivity index (χ1) is 7.09. The monoisotopic (exact) mass is 287 g/mol. The van der Waals surface area contributed by atoms with Gasteiger partial charge in [0.15, 0.2) is 0 Å². The third kappa shape index (κ3) is 4.49. The lowest BCUT2D eigenvalue weighted by Gasteiger charge is -2.05. The van der Waals surface area contributed by atoms with Crippen molar-refractivity contribution in [2.45, 2.75) is 6.42 Å². The first-order valence-corrected chi connectivity index (χ1v) is 5.60. The molecule has 1 amide bonds. The summed E-state index contributed by atoms with van der Waals surface area (Å²) in [5.74, 6) is -0.0660. The minimum atomic E-state index is -0.0660. The van der Waals surface area contributed by atoms with Crippen LogP contribution in [0.4, 0.5) is 0 Å². The highest BCUT2D eigenvalue weighted by Crippen LogP contribution is 2.15. The van der Waals surface area contributed by atoms with Crippen molar-refractivity contribution in [3.05, 3.63) is 45.9 Å². The molecule has 1 aromatic carbocycles. The smallest absolute Gasteiger partial charge is 0.224 e. The maximum absolute atomic E-state index is 11.4. The van der Waals surface area contributed by atoms with E-state index in [4.69, 9.17) is 11.6 Å². The normalized spacial score (nSPS) is 9.73. The fourth-order valence-electron chi connectivity index (χ4n) is 1.07. The average Bonchev–Trinajstić information content (AvgIpc) is 2.18. The fourth-order valence-corrected chi connectivity index (χ4v) is 1.41. The SMILES string of the molecule is C=C(Br)CNC(=O)Cc1ccccc1Cl. The standard InChI is InChI=1S/C11H11BrClNO/c1-8(12)7-14-11(15)6-9-4-2-3-5-10(9)13/h2-5H,1,6-7H2,(H,14,15). The average molecular weight is 289 g/mol. The van der Waals surface area contributed by atoms with Crippen LogP contribution in [0.5, 0.6) is 0 Å². The zero-order valence-electron chi connectivity index (χ0n) is 8.09. The van der Waals surface area contributed by atoms with Gasteiger partial charge in [-0.25, -0.2) is 0 Å². The third-order valence-corrected chi connectivity index (χ3v) is 2.44. The molecule has 0 aromatic heterocycles. The van der Waals surface area contributed by atoms with Crippen LogP contribution in [0, 0.1) is 0 Å².